The quantitative estimate of drug-likeness (QED) is 0.185. The van der Waals surface area contributed by atoms with E-state index in [1.165, 1.54) is 6.07 Å². The molecule has 0 bridgehead atoms. The number of aliphatic hydroxyl groups excluding tert-OH is 1. The van der Waals surface area contributed by atoms with Crippen LogP contribution < -0.4 is 9.47 Å². The van der Waals surface area contributed by atoms with Crippen LogP contribution in [-0.2, 0) is 14.2 Å². The molecule has 3 N–H and O–H groups in total. The molecule has 29 heavy (non-hydrogen) atoms. The van der Waals surface area contributed by atoms with Gasteiger partial charge < -0.3 is 33.9 Å². The molecule has 1 aromatic rings. The van der Waals surface area contributed by atoms with Crippen LogP contribution in [0.5, 0.6) is 11.5 Å². The lowest BCUT2D eigenvalue weighted by atomic mass is 9.90. The molecule has 0 heterocycles. The second-order valence-corrected chi connectivity index (χ2v) is 7.51. The summed E-state index contributed by atoms with van der Waals surface area (Å²) in [6.07, 6.45) is -0.176. The highest BCUT2D eigenvalue weighted by Crippen LogP contribution is 2.30. The normalized spacial score (nSPS) is 11.9. The minimum atomic E-state index is -1.74. The van der Waals surface area contributed by atoms with E-state index < -0.39 is 11.7 Å². The molecule has 0 aromatic heterocycles. The second kappa shape index (κ2) is 12.8. The molecule has 0 amide bonds. The van der Waals surface area contributed by atoms with E-state index in [0.717, 1.165) is 6.42 Å². The summed E-state index contributed by atoms with van der Waals surface area (Å²) >= 11 is 0. The fourth-order valence-corrected chi connectivity index (χ4v) is 2.01. The molecular formula is C21H35NO7. The molecule has 0 unspecified atom stereocenters. The summed E-state index contributed by atoms with van der Waals surface area (Å²) < 4.78 is 27.0. The number of ether oxygens (including phenoxy) is 5. The highest BCUT2D eigenvalue weighted by Gasteiger charge is 2.24. The first-order valence-electron chi connectivity index (χ1n) is 9.84. The van der Waals surface area contributed by atoms with Crippen LogP contribution in [0.15, 0.2) is 18.2 Å². The van der Waals surface area contributed by atoms with Crippen molar-refractivity contribution in [2.75, 3.05) is 26.8 Å². The average Bonchev–Trinajstić information content (AvgIpc) is 2.66. The maximum absolute atomic E-state index is 9.63. The third kappa shape index (κ3) is 9.56. The molecule has 166 valence electrons. The third-order valence-electron chi connectivity index (χ3n) is 4.34. The fraction of sp³-hybridized carbons (Fsp3) is 0.667. The zero-order valence-corrected chi connectivity index (χ0v) is 18.1. The molecule has 1 aromatic carbocycles. The van der Waals surface area contributed by atoms with Gasteiger partial charge in [-0.2, -0.15) is 0 Å². The van der Waals surface area contributed by atoms with E-state index in [1.54, 1.807) is 12.1 Å². The van der Waals surface area contributed by atoms with E-state index in [-0.39, 0.29) is 36.9 Å². The van der Waals surface area contributed by atoms with Crippen LogP contribution >= 0.6 is 0 Å². The maximum atomic E-state index is 9.63. The molecule has 0 saturated carbocycles. The minimum absolute atomic E-state index is 0.0406. The summed E-state index contributed by atoms with van der Waals surface area (Å²) in [6.45, 7) is 10.8. The lowest BCUT2D eigenvalue weighted by Crippen LogP contribution is -2.27. The highest BCUT2D eigenvalue weighted by molar-refractivity contribution is 5.81. The van der Waals surface area contributed by atoms with Gasteiger partial charge in [-0.15, -0.1) is 0 Å². The van der Waals surface area contributed by atoms with Crippen LogP contribution in [0.2, 0.25) is 0 Å². The molecule has 0 radical (unpaired) electrons. The Morgan fingerprint density at radius 1 is 1.10 bits per heavy atom. The molecule has 1 rings (SSSR count). The lowest BCUT2D eigenvalue weighted by molar-refractivity contribution is -0.0842. The SMILES string of the molecule is CCC(C)(C)C(=N)Oc1ccc(OCOCCCOCOC(C)C)c(C(O)O)c1. The van der Waals surface area contributed by atoms with Gasteiger partial charge in [-0.3, -0.25) is 5.41 Å². The molecule has 0 aliphatic heterocycles. The van der Waals surface area contributed by atoms with Gasteiger partial charge in [0.15, 0.2) is 19.0 Å². The van der Waals surface area contributed by atoms with E-state index in [0.29, 0.717) is 25.4 Å². The Morgan fingerprint density at radius 3 is 2.34 bits per heavy atom. The van der Waals surface area contributed by atoms with Gasteiger partial charge in [0.1, 0.15) is 18.3 Å². The molecule has 0 aliphatic rings. The minimum Gasteiger partial charge on any atom is -0.467 e. The van der Waals surface area contributed by atoms with Gasteiger partial charge in [0.2, 0.25) is 0 Å². The summed E-state index contributed by atoms with van der Waals surface area (Å²) in [5.74, 6) is 0.722. The van der Waals surface area contributed by atoms with Gasteiger partial charge in [-0.25, -0.2) is 0 Å². The van der Waals surface area contributed by atoms with Crippen molar-refractivity contribution in [2.45, 2.75) is 59.9 Å². The van der Waals surface area contributed by atoms with Gasteiger partial charge in [0.05, 0.1) is 24.9 Å². The van der Waals surface area contributed by atoms with Gasteiger partial charge in [0.25, 0.3) is 0 Å². The van der Waals surface area contributed by atoms with Crippen molar-refractivity contribution < 1.29 is 33.9 Å². The van der Waals surface area contributed by atoms with Crippen molar-refractivity contribution in [3.8, 4) is 11.5 Å². The summed E-state index contributed by atoms with van der Waals surface area (Å²) in [4.78, 5) is 0. The van der Waals surface area contributed by atoms with Gasteiger partial charge in [-0.05, 0) is 44.9 Å². The number of rotatable bonds is 14. The monoisotopic (exact) mass is 413 g/mol. The predicted molar refractivity (Wildman–Crippen MR) is 109 cm³/mol. The number of hydrogen-bond acceptors (Lipinski definition) is 8. The third-order valence-corrected chi connectivity index (χ3v) is 4.34. The summed E-state index contributed by atoms with van der Waals surface area (Å²) in [7, 11) is 0. The predicted octanol–water partition coefficient (Wildman–Crippen LogP) is 3.60. The van der Waals surface area contributed by atoms with Crippen LogP contribution in [0.3, 0.4) is 0 Å². The zero-order valence-electron chi connectivity index (χ0n) is 18.1. The Kier molecular flexibility index (Phi) is 11.2. The van der Waals surface area contributed by atoms with Crippen LogP contribution in [0.1, 0.15) is 59.3 Å². The molecule has 8 heteroatoms. The standard InChI is InChI=1S/C21H35NO7/c1-6-21(4,5)20(22)29-16-8-9-18(17(12-16)19(23)24)28-14-26-11-7-10-25-13-27-15(2)3/h8-9,12,15,19,22-24H,6-7,10-11,13-14H2,1-5H3. The number of hydrogen-bond donors (Lipinski definition) is 3. The van der Waals surface area contributed by atoms with Crippen molar-refractivity contribution in [1.82, 2.24) is 0 Å². The lowest BCUT2D eigenvalue weighted by Gasteiger charge is -2.23. The number of nitrogens with one attached hydrogen (secondary N) is 1. The fourth-order valence-electron chi connectivity index (χ4n) is 2.01. The summed E-state index contributed by atoms with van der Waals surface area (Å²) in [6, 6.07) is 4.62. The molecule has 0 atom stereocenters. The van der Waals surface area contributed by atoms with E-state index >= 15 is 0 Å². The van der Waals surface area contributed by atoms with Crippen LogP contribution in [0.25, 0.3) is 0 Å². The maximum Gasteiger partial charge on any atom is 0.193 e. The topological polar surface area (TPSA) is 110 Å². The second-order valence-electron chi connectivity index (χ2n) is 7.51. The van der Waals surface area contributed by atoms with Crippen molar-refractivity contribution in [3.63, 3.8) is 0 Å². The summed E-state index contributed by atoms with van der Waals surface area (Å²) in [5, 5.41) is 27.3. The largest absolute Gasteiger partial charge is 0.467 e. The van der Waals surface area contributed by atoms with Gasteiger partial charge in [-0.1, -0.05) is 20.8 Å². The Labute approximate surface area is 173 Å². The van der Waals surface area contributed by atoms with Crippen LogP contribution in [0, 0.1) is 10.8 Å². The smallest absolute Gasteiger partial charge is 0.193 e. The number of benzene rings is 1. The zero-order chi connectivity index (χ0) is 21.9. The van der Waals surface area contributed by atoms with Crippen LogP contribution in [0.4, 0.5) is 0 Å². The van der Waals surface area contributed by atoms with Crippen molar-refractivity contribution in [3.05, 3.63) is 23.8 Å². The molecule has 8 nitrogen and oxygen atoms in total. The van der Waals surface area contributed by atoms with Crippen molar-refractivity contribution >= 4 is 5.90 Å². The van der Waals surface area contributed by atoms with E-state index in [9.17, 15) is 10.2 Å². The van der Waals surface area contributed by atoms with Gasteiger partial charge in [0, 0.05) is 5.41 Å². The first-order chi connectivity index (χ1) is 13.7. The molecular weight excluding hydrogens is 378 g/mol. The van der Waals surface area contributed by atoms with E-state index in [1.807, 2.05) is 34.6 Å². The molecule has 0 saturated heterocycles. The first kappa shape index (κ1) is 25.3. The Hall–Kier alpha value is -1.71. The van der Waals surface area contributed by atoms with E-state index in [4.69, 9.17) is 29.1 Å². The van der Waals surface area contributed by atoms with Gasteiger partial charge >= 0.3 is 0 Å². The summed E-state index contributed by atoms with van der Waals surface area (Å²) in [5.41, 5.74) is -0.270. The molecule has 0 aliphatic carbocycles. The molecule has 0 fully saturated rings. The Morgan fingerprint density at radius 2 is 1.76 bits per heavy atom. The highest BCUT2D eigenvalue weighted by atomic mass is 16.7. The van der Waals surface area contributed by atoms with Crippen molar-refractivity contribution in [2.24, 2.45) is 5.41 Å². The van der Waals surface area contributed by atoms with Crippen molar-refractivity contribution in [1.29, 1.82) is 5.41 Å². The Balaban J connectivity index is 2.47. The average molecular weight is 414 g/mol. The Bertz CT molecular complexity index is 617. The molecule has 0 spiro atoms. The van der Waals surface area contributed by atoms with E-state index in [2.05, 4.69) is 0 Å². The number of aliphatic hydroxyl groups is 2. The first-order valence-corrected chi connectivity index (χ1v) is 9.84. The van der Waals surface area contributed by atoms with Crippen LogP contribution in [-0.4, -0.2) is 49.0 Å².